The van der Waals surface area contributed by atoms with Crippen molar-refractivity contribution in [1.29, 1.82) is 5.26 Å². The van der Waals surface area contributed by atoms with Crippen molar-refractivity contribution in [2.45, 2.75) is 96.9 Å². The summed E-state index contributed by atoms with van der Waals surface area (Å²) in [5.41, 5.74) is 10.0. The van der Waals surface area contributed by atoms with E-state index in [4.69, 9.17) is 21.8 Å². The summed E-state index contributed by atoms with van der Waals surface area (Å²) in [5, 5.41) is 26.4. The zero-order valence-corrected chi connectivity index (χ0v) is 29.5. The number of nitrogens with one attached hydrogen (secondary N) is 4. The molecule has 9 N–H and O–H groups in total. The number of amides is 4. The molecule has 1 fully saturated rings. The number of nitriles is 1. The monoisotopic (exact) mass is 604 g/mol. The molecular formula is C30H69N9O3. The predicted octanol–water partition coefficient (Wildman–Crippen LogP) is 4.47. The summed E-state index contributed by atoms with van der Waals surface area (Å²) in [6, 6.07) is -0.510. The number of guanidine groups is 1. The normalized spacial score (nSPS) is 12.5. The van der Waals surface area contributed by atoms with E-state index in [1.165, 1.54) is 0 Å². The summed E-state index contributed by atoms with van der Waals surface area (Å²) in [5.74, 6) is 3.89. The Hall–Kier alpha value is -2.78. The van der Waals surface area contributed by atoms with Gasteiger partial charge in [-0.3, -0.25) is 15.2 Å². The molecule has 4 amide bonds. The first-order valence-electron chi connectivity index (χ1n) is 15.0. The van der Waals surface area contributed by atoms with Crippen molar-refractivity contribution in [3.63, 3.8) is 0 Å². The maximum Gasteiger partial charge on any atom is 0.316 e. The molecule has 1 saturated heterocycles. The highest BCUT2D eigenvalue weighted by Crippen LogP contribution is 1.97. The summed E-state index contributed by atoms with van der Waals surface area (Å²) < 4.78 is 0. The third-order valence-corrected chi connectivity index (χ3v) is 3.41. The number of nitrogens with zero attached hydrogens (tertiary/aromatic N) is 3. The van der Waals surface area contributed by atoms with Crippen LogP contribution in [-0.4, -0.2) is 67.6 Å². The third kappa shape index (κ3) is 71.0. The van der Waals surface area contributed by atoms with Crippen molar-refractivity contribution in [3.05, 3.63) is 0 Å². The van der Waals surface area contributed by atoms with E-state index >= 15 is 0 Å². The largest absolute Gasteiger partial charge is 0.396 e. The molecule has 1 heterocycles. The number of carbonyl (C=O) groups is 2. The van der Waals surface area contributed by atoms with Gasteiger partial charge in [-0.2, -0.15) is 5.26 Å². The van der Waals surface area contributed by atoms with Gasteiger partial charge in [0.25, 0.3) is 0 Å². The second-order valence-corrected chi connectivity index (χ2v) is 12.8. The quantitative estimate of drug-likeness (QED) is 0.0965. The lowest BCUT2D eigenvalue weighted by Crippen LogP contribution is -2.54. The topological polar surface area (TPSA) is 194 Å². The molecule has 0 unspecified atom stereocenters. The van der Waals surface area contributed by atoms with Gasteiger partial charge in [0.2, 0.25) is 5.96 Å². The Morgan fingerprint density at radius 3 is 1.52 bits per heavy atom. The van der Waals surface area contributed by atoms with Crippen LogP contribution in [0.5, 0.6) is 0 Å². The minimum Gasteiger partial charge on any atom is -0.396 e. The highest BCUT2D eigenvalue weighted by atomic mass is 16.3. The second-order valence-electron chi connectivity index (χ2n) is 12.8. The number of carbonyl (C=O) groups excluding carboxylic acids is 2. The highest BCUT2D eigenvalue weighted by molar-refractivity contribution is 5.79. The third-order valence-electron chi connectivity index (χ3n) is 3.41. The Bertz CT molecular complexity index is 654. The van der Waals surface area contributed by atoms with Gasteiger partial charge in [-0.25, -0.2) is 9.59 Å². The van der Waals surface area contributed by atoms with Crippen molar-refractivity contribution in [1.82, 2.24) is 26.2 Å². The van der Waals surface area contributed by atoms with Crippen molar-refractivity contribution in [3.8, 4) is 6.19 Å². The molecule has 0 atom stereocenters. The van der Waals surface area contributed by atoms with Gasteiger partial charge >= 0.3 is 12.1 Å². The van der Waals surface area contributed by atoms with Crippen LogP contribution in [0.2, 0.25) is 0 Å². The van der Waals surface area contributed by atoms with E-state index in [0.717, 1.165) is 18.4 Å². The fourth-order valence-corrected chi connectivity index (χ4v) is 1.81. The number of hydrogen-bond donors (Lipinski definition) is 7. The molecule has 0 bridgehead atoms. The number of aliphatic hydroxyl groups excluding tert-OH is 1. The molecule has 1 aliphatic heterocycles. The first-order chi connectivity index (χ1) is 19.2. The van der Waals surface area contributed by atoms with E-state index in [1.54, 1.807) is 6.19 Å². The van der Waals surface area contributed by atoms with E-state index in [1.807, 2.05) is 41.5 Å². The molecular weight excluding hydrogens is 534 g/mol. The van der Waals surface area contributed by atoms with Gasteiger partial charge in [-0.1, -0.05) is 96.9 Å². The molecule has 0 radical (unpaired) electrons. The van der Waals surface area contributed by atoms with Gasteiger partial charge in [0.05, 0.1) is 13.3 Å². The molecule has 1 aliphatic rings. The molecule has 252 valence electrons. The molecule has 42 heavy (non-hydrogen) atoms. The fraction of sp³-hybridized carbons (Fsp3) is 0.867. The standard InChI is InChI=1S/C7H15N3O.C6H12N4.C5H12N2O.C4H10O.2C4H10/c1-6(2)3-10-4-8-7(11)9-5-10;1-5(2)3-9-6(8)10-4-7;1-4(2)3-7-5(6)8;1-4(2)3-5;2*1-4(2)3/h6H,3-5H2,1-2H3,(H2,8,9,11);5H,3H2,1-2H3,(H3,8,9,10);4H,3H2,1-2H3,(H3,6,7,8);4-5H,3H2,1-2H3;2*4H,1-3H3. The molecule has 12 heteroatoms. The van der Waals surface area contributed by atoms with Crippen LogP contribution in [0.4, 0.5) is 9.59 Å². The van der Waals surface area contributed by atoms with Gasteiger partial charge in [-0.15, -0.1) is 0 Å². The predicted molar refractivity (Wildman–Crippen MR) is 178 cm³/mol. The Balaban J connectivity index is -0.000000137. The maximum absolute atomic E-state index is 10.6. The SMILES string of the molecule is CC(C)C.CC(C)C.CC(C)CN1CNC(=O)NC1.CC(C)CN=C(N)NC#N.CC(C)CNC(N)=O.CC(C)CO. The number of aliphatic imine (C=N–C) groups is 1. The molecule has 0 aliphatic carbocycles. The van der Waals surface area contributed by atoms with Crippen LogP contribution in [0.3, 0.4) is 0 Å². The molecule has 0 aromatic heterocycles. The molecule has 1 rings (SSSR count). The smallest absolute Gasteiger partial charge is 0.316 e. The number of aliphatic hydroxyl groups is 1. The van der Waals surface area contributed by atoms with Gasteiger partial charge in [0.1, 0.15) is 0 Å². The van der Waals surface area contributed by atoms with E-state index in [2.05, 4.69) is 86.5 Å². The van der Waals surface area contributed by atoms with Gasteiger partial charge < -0.3 is 32.5 Å². The van der Waals surface area contributed by atoms with Gasteiger partial charge in [-0.05, 0) is 35.5 Å². The average Bonchev–Trinajstić information content (AvgIpc) is 2.83. The Morgan fingerprint density at radius 1 is 0.881 bits per heavy atom. The molecule has 12 nitrogen and oxygen atoms in total. The Morgan fingerprint density at radius 2 is 1.29 bits per heavy atom. The van der Waals surface area contributed by atoms with Crippen molar-refractivity contribution in [2.75, 3.05) is 39.6 Å². The van der Waals surface area contributed by atoms with Crippen molar-refractivity contribution < 1.29 is 14.7 Å². The number of hydrogen-bond acceptors (Lipinski definition) is 6. The Labute approximate surface area is 258 Å². The van der Waals surface area contributed by atoms with Crippen molar-refractivity contribution in [2.24, 2.45) is 52.0 Å². The first kappa shape index (κ1) is 48.9. The number of nitrogens with two attached hydrogens (primary N) is 2. The summed E-state index contributed by atoms with van der Waals surface area (Å²) in [4.78, 5) is 26.7. The zero-order valence-electron chi connectivity index (χ0n) is 29.5. The molecule has 0 aromatic carbocycles. The fourth-order valence-electron chi connectivity index (χ4n) is 1.81. The van der Waals surface area contributed by atoms with Crippen LogP contribution < -0.4 is 32.7 Å². The lowest BCUT2D eigenvalue weighted by Gasteiger charge is -2.28. The maximum atomic E-state index is 10.6. The summed E-state index contributed by atoms with van der Waals surface area (Å²) in [6.07, 6.45) is 1.69. The van der Waals surface area contributed by atoms with Crippen LogP contribution in [0.15, 0.2) is 4.99 Å². The zero-order chi connectivity index (χ0) is 34.3. The van der Waals surface area contributed by atoms with Crippen molar-refractivity contribution >= 4 is 18.0 Å². The highest BCUT2D eigenvalue weighted by Gasteiger charge is 2.13. The van der Waals surface area contributed by atoms with E-state index in [0.29, 0.717) is 56.7 Å². The number of primary amides is 1. The van der Waals surface area contributed by atoms with Gasteiger partial charge in [0.15, 0.2) is 6.19 Å². The van der Waals surface area contributed by atoms with E-state index in [9.17, 15) is 9.59 Å². The van der Waals surface area contributed by atoms with Crippen LogP contribution >= 0.6 is 0 Å². The minimum atomic E-state index is -0.446. The van der Waals surface area contributed by atoms with Crippen LogP contribution in [0.1, 0.15) is 96.9 Å². The average molecular weight is 604 g/mol. The van der Waals surface area contributed by atoms with Crippen LogP contribution in [-0.2, 0) is 0 Å². The summed E-state index contributed by atoms with van der Waals surface area (Å²) in [7, 11) is 0. The molecule has 0 aromatic rings. The van der Waals surface area contributed by atoms with E-state index < -0.39 is 6.03 Å². The van der Waals surface area contributed by atoms with E-state index in [-0.39, 0.29) is 12.0 Å². The Kier molecular flexibility index (Phi) is 40.1. The molecule has 0 saturated carbocycles. The lowest BCUT2D eigenvalue weighted by molar-refractivity contribution is 0.171. The first-order valence-corrected chi connectivity index (χ1v) is 15.0. The summed E-state index contributed by atoms with van der Waals surface area (Å²) in [6.45, 7) is 33.3. The second kappa shape index (κ2) is 34.4. The van der Waals surface area contributed by atoms with Gasteiger partial charge in [0, 0.05) is 26.2 Å². The lowest BCUT2D eigenvalue weighted by atomic mass is 10.2. The number of urea groups is 2. The summed E-state index contributed by atoms with van der Waals surface area (Å²) >= 11 is 0. The van der Waals surface area contributed by atoms with Crippen LogP contribution in [0.25, 0.3) is 0 Å². The number of rotatable bonds is 7. The minimum absolute atomic E-state index is 0.0648. The molecule has 0 spiro atoms. The van der Waals surface area contributed by atoms with Crippen LogP contribution in [0, 0.1) is 47.0 Å².